The molecular formula is C18H18N2O5. The van der Waals surface area contributed by atoms with Gasteiger partial charge in [-0.3, -0.25) is 4.98 Å². The number of methoxy groups -OCH3 is 1. The number of hydrogen-bond donors (Lipinski definition) is 1. The van der Waals surface area contributed by atoms with E-state index in [1.165, 1.54) is 25.3 Å². The van der Waals surface area contributed by atoms with E-state index in [9.17, 15) is 9.90 Å². The van der Waals surface area contributed by atoms with E-state index in [1.54, 1.807) is 12.4 Å². The molecule has 0 aliphatic carbocycles. The number of phenolic OH excluding ortho intramolecular Hbond substituents is 1. The van der Waals surface area contributed by atoms with Crippen LogP contribution in [0.4, 0.5) is 0 Å². The summed E-state index contributed by atoms with van der Waals surface area (Å²) >= 11 is 0. The average Bonchev–Trinajstić information content (AvgIpc) is 3.04. The minimum absolute atomic E-state index is 0.0670. The van der Waals surface area contributed by atoms with Crippen molar-refractivity contribution in [1.29, 1.82) is 0 Å². The molecular weight excluding hydrogens is 324 g/mol. The molecule has 0 spiro atoms. The summed E-state index contributed by atoms with van der Waals surface area (Å²) in [5.74, 6) is -0.388. The van der Waals surface area contributed by atoms with E-state index in [0.717, 1.165) is 11.3 Å². The van der Waals surface area contributed by atoms with Crippen LogP contribution >= 0.6 is 0 Å². The Kier molecular flexibility index (Phi) is 4.56. The van der Waals surface area contributed by atoms with Crippen LogP contribution in [0.1, 0.15) is 29.3 Å². The van der Waals surface area contributed by atoms with Gasteiger partial charge in [0, 0.05) is 24.4 Å². The zero-order valence-electron chi connectivity index (χ0n) is 13.9. The zero-order valence-corrected chi connectivity index (χ0v) is 13.9. The van der Waals surface area contributed by atoms with Crippen LogP contribution in [0, 0.1) is 0 Å². The molecule has 0 bridgehead atoms. The number of oxime groups is 1. The lowest BCUT2D eigenvalue weighted by Gasteiger charge is -2.22. The second kappa shape index (κ2) is 6.80. The van der Waals surface area contributed by atoms with Gasteiger partial charge in [-0.25, -0.2) is 4.79 Å². The predicted molar refractivity (Wildman–Crippen MR) is 89.8 cm³/mol. The number of esters is 1. The number of aromatic nitrogens is 1. The molecule has 2 heterocycles. The van der Waals surface area contributed by atoms with Crippen LogP contribution in [0.3, 0.4) is 0 Å². The third kappa shape index (κ3) is 3.71. The lowest BCUT2D eigenvalue weighted by atomic mass is 9.97. The maximum absolute atomic E-state index is 11.6. The highest BCUT2D eigenvalue weighted by molar-refractivity contribution is 6.01. The van der Waals surface area contributed by atoms with Crippen molar-refractivity contribution in [2.75, 3.05) is 13.7 Å². The minimum Gasteiger partial charge on any atom is -0.504 e. The summed E-state index contributed by atoms with van der Waals surface area (Å²) in [6, 6.07) is 8.03. The van der Waals surface area contributed by atoms with Gasteiger partial charge < -0.3 is 19.4 Å². The predicted octanol–water partition coefficient (Wildman–Crippen LogP) is 2.54. The summed E-state index contributed by atoms with van der Waals surface area (Å²) in [5.41, 5.74) is 1.28. The third-order valence-corrected chi connectivity index (χ3v) is 3.83. The number of nitrogens with zero attached hydrogens (tertiary/aromatic N) is 2. The van der Waals surface area contributed by atoms with Crippen LogP contribution in [-0.2, 0) is 9.57 Å². The molecule has 1 N–H and O–H groups in total. The first-order valence-corrected chi connectivity index (χ1v) is 7.70. The van der Waals surface area contributed by atoms with Gasteiger partial charge in [0.25, 0.3) is 0 Å². The van der Waals surface area contributed by atoms with Gasteiger partial charge in [-0.2, -0.15) is 0 Å². The molecule has 1 aromatic heterocycles. The summed E-state index contributed by atoms with van der Waals surface area (Å²) in [6.45, 7) is 2.01. The summed E-state index contributed by atoms with van der Waals surface area (Å²) in [6.07, 6.45) is 3.95. The van der Waals surface area contributed by atoms with Crippen molar-refractivity contribution in [3.05, 3.63) is 53.9 Å². The number of hydrogen-bond acceptors (Lipinski definition) is 7. The van der Waals surface area contributed by atoms with Crippen molar-refractivity contribution in [1.82, 2.24) is 4.98 Å². The van der Waals surface area contributed by atoms with Crippen molar-refractivity contribution in [3.8, 4) is 11.5 Å². The quantitative estimate of drug-likeness (QED) is 0.840. The smallest absolute Gasteiger partial charge is 0.337 e. The van der Waals surface area contributed by atoms with Crippen LogP contribution < -0.4 is 4.74 Å². The summed E-state index contributed by atoms with van der Waals surface area (Å²) in [7, 11) is 1.29. The zero-order chi connectivity index (χ0) is 17.9. The molecule has 1 atom stereocenters. The van der Waals surface area contributed by atoms with E-state index in [2.05, 4.69) is 14.9 Å². The van der Waals surface area contributed by atoms with Crippen molar-refractivity contribution in [3.63, 3.8) is 0 Å². The maximum atomic E-state index is 11.6. The molecule has 1 aliphatic heterocycles. The average molecular weight is 342 g/mol. The molecule has 0 amide bonds. The number of carbonyl (C=O) groups excluding carboxylic acids is 1. The number of rotatable bonds is 5. The summed E-state index contributed by atoms with van der Waals surface area (Å²) < 4.78 is 10.3. The Balaban J connectivity index is 1.67. The van der Waals surface area contributed by atoms with Crippen molar-refractivity contribution >= 4 is 11.7 Å². The van der Waals surface area contributed by atoms with Gasteiger partial charge in [-0.05, 0) is 37.3 Å². The van der Waals surface area contributed by atoms with Crippen molar-refractivity contribution in [2.45, 2.75) is 18.9 Å². The number of phenols is 1. The molecule has 3 rings (SSSR count). The highest BCUT2D eigenvalue weighted by Crippen LogP contribution is 2.31. The molecule has 0 radical (unpaired) electrons. The molecule has 1 unspecified atom stereocenters. The molecule has 130 valence electrons. The van der Waals surface area contributed by atoms with E-state index >= 15 is 0 Å². The van der Waals surface area contributed by atoms with Crippen LogP contribution in [0.2, 0.25) is 0 Å². The van der Waals surface area contributed by atoms with Crippen molar-refractivity contribution in [2.24, 2.45) is 5.16 Å². The lowest BCUT2D eigenvalue weighted by Crippen LogP contribution is -2.32. The normalized spacial score (nSPS) is 19.0. The molecule has 1 aliphatic rings. The highest BCUT2D eigenvalue weighted by Gasteiger charge is 2.36. The van der Waals surface area contributed by atoms with Gasteiger partial charge in [0.2, 0.25) is 0 Å². The van der Waals surface area contributed by atoms with Crippen molar-refractivity contribution < 1.29 is 24.2 Å². The highest BCUT2D eigenvalue weighted by atomic mass is 16.7. The molecule has 1 aromatic carbocycles. The lowest BCUT2D eigenvalue weighted by molar-refractivity contribution is -0.0361. The SMILES string of the molecule is COC(=O)c1ccc(O)c(OCC2(C)CC(c3cccnc3)=NO2)c1. The van der Waals surface area contributed by atoms with Gasteiger partial charge in [0.05, 0.1) is 18.4 Å². The molecule has 7 nitrogen and oxygen atoms in total. The number of benzene rings is 1. The van der Waals surface area contributed by atoms with Gasteiger partial charge in [-0.15, -0.1) is 0 Å². The molecule has 2 aromatic rings. The maximum Gasteiger partial charge on any atom is 0.337 e. The van der Waals surface area contributed by atoms with Crippen LogP contribution in [0.15, 0.2) is 47.9 Å². The molecule has 25 heavy (non-hydrogen) atoms. The largest absolute Gasteiger partial charge is 0.504 e. The van der Waals surface area contributed by atoms with E-state index in [0.29, 0.717) is 12.0 Å². The van der Waals surface area contributed by atoms with Gasteiger partial charge in [-0.1, -0.05) is 5.16 Å². The second-order valence-corrected chi connectivity index (χ2v) is 5.96. The van der Waals surface area contributed by atoms with Gasteiger partial charge >= 0.3 is 5.97 Å². The second-order valence-electron chi connectivity index (χ2n) is 5.96. The third-order valence-electron chi connectivity index (χ3n) is 3.83. The molecule has 0 saturated heterocycles. The first kappa shape index (κ1) is 16.8. The minimum atomic E-state index is -0.682. The fourth-order valence-electron chi connectivity index (χ4n) is 2.45. The van der Waals surface area contributed by atoms with Crippen LogP contribution in [0.5, 0.6) is 11.5 Å². The van der Waals surface area contributed by atoms with E-state index in [4.69, 9.17) is 9.57 Å². The fraction of sp³-hybridized carbons (Fsp3) is 0.278. The van der Waals surface area contributed by atoms with E-state index in [-0.39, 0.29) is 18.1 Å². The Bertz CT molecular complexity index is 806. The van der Waals surface area contributed by atoms with Gasteiger partial charge in [0.15, 0.2) is 17.1 Å². The first-order valence-electron chi connectivity index (χ1n) is 7.70. The molecule has 7 heteroatoms. The number of aromatic hydroxyl groups is 1. The Labute approximate surface area is 144 Å². The molecule has 0 saturated carbocycles. The topological polar surface area (TPSA) is 90.2 Å². The summed E-state index contributed by atoms with van der Waals surface area (Å²) in [4.78, 5) is 21.2. The fourth-order valence-corrected chi connectivity index (χ4v) is 2.45. The number of pyridine rings is 1. The van der Waals surface area contributed by atoms with E-state index in [1.807, 2.05) is 19.1 Å². The Morgan fingerprint density at radius 1 is 1.40 bits per heavy atom. The standard InChI is InChI=1S/C18H18N2O5/c1-18(9-14(20-25-18)13-4-3-7-19-10-13)11-24-16-8-12(17(22)23-2)5-6-15(16)21/h3-8,10,21H,9,11H2,1-2H3. The van der Waals surface area contributed by atoms with Gasteiger partial charge in [0.1, 0.15) is 6.61 Å². The van der Waals surface area contributed by atoms with E-state index < -0.39 is 11.6 Å². The number of ether oxygens (including phenoxy) is 2. The summed E-state index contributed by atoms with van der Waals surface area (Å²) in [5, 5.41) is 14.0. The first-order chi connectivity index (χ1) is 12.0. The number of carbonyl (C=O) groups is 1. The Morgan fingerprint density at radius 2 is 2.24 bits per heavy atom. The Morgan fingerprint density at radius 3 is 2.96 bits per heavy atom. The van der Waals surface area contributed by atoms with Crippen LogP contribution in [0.25, 0.3) is 0 Å². The van der Waals surface area contributed by atoms with Crippen LogP contribution in [-0.4, -0.2) is 41.1 Å². The Hall–Kier alpha value is -3.09. The molecule has 0 fully saturated rings. The monoisotopic (exact) mass is 342 g/mol.